The van der Waals surface area contributed by atoms with Crippen molar-refractivity contribution in [3.05, 3.63) is 0 Å². The smallest absolute Gasteiger partial charge is 0.465 e. The van der Waals surface area contributed by atoms with Gasteiger partial charge in [0.15, 0.2) is 0 Å². The van der Waals surface area contributed by atoms with E-state index in [2.05, 4.69) is 6.92 Å². The number of carbonyl (C=O) groups is 1. The van der Waals surface area contributed by atoms with E-state index in [1.807, 2.05) is 20.8 Å². The van der Waals surface area contributed by atoms with E-state index >= 15 is 0 Å². The molecule has 0 amide bonds. The molecule has 25 heavy (non-hydrogen) atoms. The van der Waals surface area contributed by atoms with Gasteiger partial charge in [0.05, 0.1) is 6.61 Å². The molecule has 0 saturated carbocycles. The minimum absolute atomic E-state index is 0.273. The Morgan fingerprint density at radius 2 is 1.20 bits per heavy atom. The second-order valence-electron chi connectivity index (χ2n) is 6.27. The fraction of sp³-hybridized carbons (Fsp3) is 0.947. The summed E-state index contributed by atoms with van der Waals surface area (Å²) in [7, 11) is -3.03. The number of rotatable bonds is 17. The van der Waals surface area contributed by atoms with Crippen LogP contribution in [0, 0.1) is 0 Å². The van der Waals surface area contributed by atoms with Crippen molar-refractivity contribution in [2.75, 3.05) is 26.4 Å². The van der Waals surface area contributed by atoms with Gasteiger partial charge in [-0.2, -0.15) is 0 Å². The van der Waals surface area contributed by atoms with E-state index in [1.165, 1.54) is 38.5 Å². The first kappa shape index (κ1) is 24.6. The third-order valence-corrected chi connectivity index (χ3v) is 7.53. The number of esters is 1. The lowest BCUT2D eigenvalue weighted by atomic mass is 10.1. The maximum Gasteiger partial charge on any atom is 0.515 e. The maximum absolute atomic E-state index is 12.4. The Bertz CT molecular complexity index is 308. The predicted molar refractivity (Wildman–Crippen MR) is 104 cm³/mol. The summed E-state index contributed by atoms with van der Waals surface area (Å²) in [6.45, 7) is 11.5. The Balaban J connectivity index is 4.16. The fourth-order valence-corrected chi connectivity index (χ4v) is 5.36. The summed E-state index contributed by atoms with van der Waals surface area (Å²) in [5.41, 5.74) is -0.499. The molecule has 0 saturated heterocycles. The van der Waals surface area contributed by atoms with Gasteiger partial charge in [0.25, 0.3) is 0 Å². The molecule has 0 aromatic heterocycles. The molecule has 1 unspecified atom stereocenters. The summed E-state index contributed by atoms with van der Waals surface area (Å²) < 4.78 is 22.8. The molecular formula is C19H40O5Si. The number of hydrogen-bond donors (Lipinski definition) is 0. The minimum Gasteiger partial charge on any atom is -0.465 e. The van der Waals surface area contributed by atoms with Gasteiger partial charge in [-0.3, -0.25) is 4.79 Å². The van der Waals surface area contributed by atoms with Gasteiger partial charge >= 0.3 is 14.8 Å². The van der Waals surface area contributed by atoms with Gasteiger partial charge in [0.1, 0.15) is 5.54 Å². The standard InChI is InChI=1S/C19H40O5Si/c1-6-10-11-12-13-14-15-16-17-21-19(20)18(5)25(22-7-2,23-8-3)24-9-4/h18H,6-17H2,1-5H3. The molecule has 0 heterocycles. The Kier molecular flexibility index (Phi) is 15.5. The molecule has 0 fully saturated rings. The highest BCUT2D eigenvalue weighted by atomic mass is 28.4. The number of ether oxygens (including phenoxy) is 1. The first-order valence-electron chi connectivity index (χ1n) is 10.2. The van der Waals surface area contributed by atoms with E-state index in [1.54, 1.807) is 6.92 Å². The van der Waals surface area contributed by atoms with Crippen LogP contribution in [-0.2, 0) is 22.8 Å². The van der Waals surface area contributed by atoms with Crippen LogP contribution in [0.5, 0.6) is 0 Å². The van der Waals surface area contributed by atoms with Crippen LogP contribution >= 0.6 is 0 Å². The lowest BCUT2D eigenvalue weighted by Crippen LogP contribution is -2.52. The topological polar surface area (TPSA) is 54.0 Å². The number of hydrogen-bond acceptors (Lipinski definition) is 5. The average Bonchev–Trinajstić information content (AvgIpc) is 2.60. The molecule has 0 aromatic rings. The minimum atomic E-state index is -3.03. The summed E-state index contributed by atoms with van der Waals surface area (Å²) in [4.78, 5) is 12.4. The van der Waals surface area contributed by atoms with Crippen LogP contribution in [0.15, 0.2) is 0 Å². The van der Waals surface area contributed by atoms with Gasteiger partial charge in [-0.1, -0.05) is 51.9 Å². The molecule has 0 N–H and O–H groups in total. The Hall–Kier alpha value is -0.433. The van der Waals surface area contributed by atoms with Gasteiger partial charge in [0.2, 0.25) is 0 Å². The van der Waals surface area contributed by atoms with Crippen LogP contribution in [0.4, 0.5) is 0 Å². The van der Waals surface area contributed by atoms with Crippen molar-refractivity contribution in [3.63, 3.8) is 0 Å². The summed E-state index contributed by atoms with van der Waals surface area (Å²) in [6.07, 6.45) is 9.78. The molecule has 0 aliphatic rings. The Labute approximate surface area is 156 Å². The van der Waals surface area contributed by atoms with Gasteiger partial charge < -0.3 is 18.0 Å². The van der Waals surface area contributed by atoms with Crippen LogP contribution in [0.1, 0.15) is 86.0 Å². The van der Waals surface area contributed by atoms with Crippen LogP contribution in [0.2, 0.25) is 5.54 Å². The van der Waals surface area contributed by atoms with Crippen molar-refractivity contribution >= 4 is 14.8 Å². The number of carbonyl (C=O) groups excluding carboxylic acids is 1. The van der Waals surface area contributed by atoms with E-state index in [0.717, 1.165) is 12.8 Å². The first-order valence-corrected chi connectivity index (χ1v) is 12.0. The molecule has 0 aliphatic heterocycles. The van der Waals surface area contributed by atoms with E-state index < -0.39 is 14.3 Å². The molecule has 0 radical (unpaired) electrons. The summed E-state index contributed by atoms with van der Waals surface area (Å²) in [6, 6.07) is 0. The zero-order valence-electron chi connectivity index (χ0n) is 17.1. The van der Waals surface area contributed by atoms with Gasteiger partial charge in [0, 0.05) is 19.8 Å². The second-order valence-corrected chi connectivity index (χ2v) is 9.21. The normalized spacial score (nSPS) is 13.0. The highest BCUT2D eigenvalue weighted by molar-refractivity contribution is 6.66. The summed E-state index contributed by atoms with van der Waals surface area (Å²) in [5.74, 6) is -0.273. The summed E-state index contributed by atoms with van der Waals surface area (Å²) in [5, 5.41) is 0. The maximum atomic E-state index is 12.4. The zero-order chi connectivity index (χ0) is 19.0. The van der Waals surface area contributed by atoms with E-state index in [9.17, 15) is 4.79 Å². The Morgan fingerprint density at radius 3 is 1.64 bits per heavy atom. The van der Waals surface area contributed by atoms with Crippen LogP contribution in [0.3, 0.4) is 0 Å². The highest BCUT2D eigenvalue weighted by Crippen LogP contribution is 2.27. The zero-order valence-corrected chi connectivity index (χ0v) is 18.1. The molecule has 5 nitrogen and oxygen atoms in total. The van der Waals surface area contributed by atoms with E-state index in [0.29, 0.717) is 26.4 Å². The molecule has 0 aliphatic carbocycles. The highest BCUT2D eigenvalue weighted by Gasteiger charge is 2.51. The lowest BCUT2D eigenvalue weighted by Gasteiger charge is -2.32. The van der Waals surface area contributed by atoms with Crippen molar-refractivity contribution < 1.29 is 22.8 Å². The van der Waals surface area contributed by atoms with Crippen molar-refractivity contribution in [1.29, 1.82) is 0 Å². The molecule has 150 valence electrons. The fourth-order valence-electron chi connectivity index (χ4n) is 2.78. The Morgan fingerprint density at radius 1 is 0.760 bits per heavy atom. The van der Waals surface area contributed by atoms with Crippen LogP contribution in [-0.4, -0.2) is 41.2 Å². The van der Waals surface area contributed by atoms with Crippen molar-refractivity contribution in [2.45, 2.75) is 91.5 Å². The molecule has 1 atom stereocenters. The monoisotopic (exact) mass is 376 g/mol. The quantitative estimate of drug-likeness (QED) is 0.201. The van der Waals surface area contributed by atoms with Crippen molar-refractivity contribution in [2.24, 2.45) is 0 Å². The predicted octanol–water partition coefficient (Wildman–Crippen LogP) is 5.11. The third-order valence-electron chi connectivity index (χ3n) is 4.16. The van der Waals surface area contributed by atoms with Gasteiger partial charge in [-0.15, -0.1) is 0 Å². The average molecular weight is 377 g/mol. The SMILES string of the molecule is CCCCCCCCCCOC(=O)C(C)[Si](OCC)(OCC)OCC. The second kappa shape index (κ2) is 15.8. The first-order chi connectivity index (χ1) is 12.1. The van der Waals surface area contributed by atoms with E-state index in [4.69, 9.17) is 18.0 Å². The molecule has 0 spiro atoms. The number of unbranched alkanes of at least 4 members (excludes halogenated alkanes) is 7. The molecule has 6 heteroatoms. The van der Waals surface area contributed by atoms with Crippen LogP contribution in [0.25, 0.3) is 0 Å². The molecule has 0 rings (SSSR count). The molecule has 0 bridgehead atoms. The summed E-state index contributed by atoms with van der Waals surface area (Å²) >= 11 is 0. The third kappa shape index (κ3) is 10.3. The molecule has 0 aromatic carbocycles. The van der Waals surface area contributed by atoms with Gasteiger partial charge in [-0.25, -0.2) is 0 Å². The largest absolute Gasteiger partial charge is 0.515 e. The van der Waals surface area contributed by atoms with Crippen molar-refractivity contribution in [1.82, 2.24) is 0 Å². The van der Waals surface area contributed by atoms with Gasteiger partial charge in [-0.05, 0) is 34.1 Å². The van der Waals surface area contributed by atoms with Crippen molar-refractivity contribution in [3.8, 4) is 0 Å². The molecular weight excluding hydrogens is 336 g/mol. The van der Waals surface area contributed by atoms with Crippen LogP contribution < -0.4 is 0 Å². The lowest BCUT2D eigenvalue weighted by molar-refractivity contribution is -0.145. The van der Waals surface area contributed by atoms with E-state index in [-0.39, 0.29) is 5.97 Å².